The van der Waals surface area contributed by atoms with Crippen molar-refractivity contribution in [1.29, 1.82) is 0 Å². The van der Waals surface area contributed by atoms with E-state index in [-0.39, 0.29) is 5.03 Å². The van der Waals surface area contributed by atoms with E-state index in [0.717, 1.165) is 0 Å². The number of halogens is 2. The van der Waals surface area contributed by atoms with Crippen LogP contribution in [0.15, 0.2) is 34.4 Å². The molecule has 1 rings (SSSR count). The van der Waals surface area contributed by atoms with Crippen LogP contribution in [0.25, 0.3) is 0 Å². The average Bonchev–Trinajstić information content (AvgIpc) is 1.93. The Balaban J connectivity index is 2.99. The van der Waals surface area contributed by atoms with Gasteiger partial charge < -0.3 is 5.11 Å². The van der Waals surface area contributed by atoms with Gasteiger partial charge in [-0.15, -0.1) is 0 Å². The van der Waals surface area contributed by atoms with E-state index in [4.69, 9.17) is 23.2 Å². The van der Waals surface area contributed by atoms with Gasteiger partial charge >= 0.3 is 0 Å². The maximum absolute atomic E-state index is 9.19. The predicted molar refractivity (Wildman–Crippen MR) is 43.0 cm³/mol. The van der Waals surface area contributed by atoms with Gasteiger partial charge in [0.2, 0.25) is 0 Å². The lowest BCUT2D eigenvalue weighted by Gasteiger charge is -2.14. The smallest absolute Gasteiger partial charge is 0.115 e. The van der Waals surface area contributed by atoms with Crippen molar-refractivity contribution in [1.82, 2.24) is 0 Å². The largest absolute Gasteiger partial charge is 0.383 e. The standard InChI is InChI=1S/C7H6Cl2O/c1-4-2-3-5(8)6(9)7(4)10/h2-3,7,10H,1H2. The molecule has 10 heavy (non-hydrogen) atoms. The zero-order valence-electron chi connectivity index (χ0n) is 5.14. The topological polar surface area (TPSA) is 20.2 Å². The fraction of sp³-hybridized carbons (Fsp3) is 0.143. The first-order valence-corrected chi connectivity index (χ1v) is 3.48. The molecule has 1 atom stereocenters. The molecule has 0 amide bonds. The summed E-state index contributed by atoms with van der Waals surface area (Å²) in [6.45, 7) is 3.57. The summed E-state index contributed by atoms with van der Waals surface area (Å²) in [6, 6.07) is 0. The number of allylic oxidation sites excluding steroid dienone is 2. The summed E-state index contributed by atoms with van der Waals surface area (Å²) in [5.74, 6) is 0. The normalized spacial score (nSPS) is 25.9. The molecular weight excluding hydrogens is 171 g/mol. The molecule has 54 valence electrons. The molecule has 1 unspecified atom stereocenters. The Kier molecular flexibility index (Phi) is 2.19. The van der Waals surface area contributed by atoms with Gasteiger partial charge in [0, 0.05) is 0 Å². The monoisotopic (exact) mass is 176 g/mol. The minimum absolute atomic E-state index is 0.245. The second-order valence-corrected chi connectivity index (χ2v) is 2.82. The third-order valence-corrected chi connectivity index (χ3v) is 2.10. The lowest BCUT2D eigenvalue weighted by molar-refractivity contribution is 0.257. The van der Waals surface area contributed by atoms with E-state index in [1.165, 1.54) is 0 Å². The van der Waals surface area contributed by atoms with Crippen LogP contribution in [0.1, 0.15) is 0 Å². The van der Waals surface area contributed by atoms with Crippen molar-refractivity contribution in [3.8, 4) is 0 Å². The van der Waals surface area contributed by atoms with Crippen LogP contribution in [0.3, 0.4) is 0 Å². The number of hydrogen-bond acceptors (Lipinski definition) is 1. The van der Waals surface area contributed by atoms with Gasteiger partial charge in [-0.25, -0.2) is 0 Å². The van der Waals surface area contributed by atoms with E-state index in [1.807, 2.05) is 0 Å². The van der Waals surface area contributed by atoms with Gasteiger partial charge in [-0.2, -0.15) is 0 Å². The highest BCUT2D eigenvalue weighted by molar-refractivity contribution is 6.41. The van der Waals surface area contributed by atoms with Crippen LogP contribution < -0.4 is 0 Å². The van der Waals surface area contributed by atoms with E-state index < -0.39 is 6.10 Å². The van der Waals surface area contributed by atoms with Gasteiger partial charge in [0.15, 0.2) is 0 Å². The third-order valence-electron chi connectivity index (χ3n) is 1.26. The van der Waals surface area contributed by atoms with Crippen molar-refractivity contribution in [2.75, 3.05) is 0 Å². The Morgan fingerprint density at radius 1 is 1.40 bits per heavy atom. The van der Waals surface area contributed by atoms with Crippen molar-refractivity contribution in [2.24, 2.45) is 0 Å². The van der Waals surface area contributed by atoms with Gasteiger partial charge in [0.05, 0.1) is 10.1 Å². The molecule has 1 N–H and O–H groups in total. The van der Waals surface area contributed by atoms with Crippen LogP contribution in [0.2, 0.25) is 0 Å². The number of aliphatic hydroxyl groups excluding tert-OH is 1. The summed E-state index contributed by atoms with van der Waals surface area (Å²) in [5, 5.41) is 9.81. The van der Waals surface area contributed by atoms with Gasteiger partial charge in [0.25, 0.3) is 0 Å². The Morgan fingerprint density at radius 2 is 2.00 bits per heavy atom. The highest BCUT2D eigenvalue weighted by atomic mass is 35.5. The predicted octanol–water partition coefficient (Wildman–Crippen LogP) is 2.16. The molecule has 0 heterocycles. The molecule has 1 aliphatic rings. The van der Waals surface area contributed by atoms with Crippen LogP contribution in [0, 0.1) is 0 Å². The summed E-state index contributed by atoms with van der Waals surface area (Å²) in [7, 11) is 0. The van der Waals surface area contributed by atoms with Crippen molar-refractivity contribution < 1.29 is 5.11 Å². The highest BCUT2D eigenvalue weighted by Gasteiger charge is 2.16. The summed E-state index contributed by atoms with van der Waals surface area (Å²) < 4.78 is 0. The molecule has 0 saturated carbocycles. The number of rotatable bonds is 0. The van der Waals surface area contributed by atoms with E-state index in [2.05, 4.69) is 6.58 Å². The maximum atomic E-state index is 9.19. The Morgan fingerprint density at radius 3 is 2.50 bits per heavy atom. The van der Waals surface area contributed by atoms with E-state index in [0.29, 0.717) is 10.6 Å². The third kappa shape index (κ3) is 1.26. The lowest BCUT2D eigenvalue weighted by atomic mass is 10.1. The van der Waals surface area contributed by atoms with Crippen molar-refractivity contribution >= 4 is 23.2 Å². The molecule has 3 heteroatoms. The van der Waals surface area contributed by atoms with Gasteiger partial charge in [-0.1, -0.05) is 35.9 Å². The zero-order chi connectivity index (χ0) is 7.72. The van der Waals surface area contributed by atoms with Crippen LogP contribution in [-0.4, -0.2) is 11.2 Å². The lowest BCUT2D eigenvalue weighted by Crippen LogP contribution is -2.11. The highest BCUT2D eigenvalue weighted by Crippen LogP contribution is 2.27. The molecule has 0 aromatic rings. The molecule has 0 radical (unpaired) electrons. The quantitative estimate of drug-likeness (QED) is 0.601. The minimum Gasteiger partial charge on any atom is -0.383 e. The van der Waals surface area contributed by atoms with Crippen LogP contribution in [0.5, 0.6) is 0 Å². The maximum Gasteiger partial charge on any atom is 0.115 e. The van der Waals surface area contributed by atoms with Crippen molar-refractivity contribution in [3.05, 3.63) is 34.4 Å². The molecular formula is C7H6Cl2O. The number of hydrogen-bond donors (Lipinski definition) is 1. The first kappa shape index (κ1) is 7.86. The summed E-state index contributed by atoms with van der Waals surface area (Å²) in [5.41, 5.74) is 0.564. The van der Waals surface area contributed by atoms with Gasteiger partial charge in [-0.05, 0) is 11.6 Å². The fourth-order valence-electron chi connectivity index (χ4n) is 0.644. The Labute approximate surface area is 69.3 Å². The van der Waals surface area contributed by atoms with Crippen molar-refractivity contribution in [2.45, 2.75) is 6.10 Å². The van der Waals surface area contributed by atoms with Gasteiger partial charge in [-0.3, -0.25) is 0 Å². The molecule has 0 fully saturated rings. The Bertz CT molecular complexity index is 228. The van der Waals surface area contributed by atoms with Crippen molar-refractivity contribution in [3.63, 3.8) is 0 Å². The zero-order valence-corrected chi connectivity index (χ0v) is 6.65. The molecule has 0 aliphatic heterocycles. The number of aliphatic hydroxyl groups is 1. The van der Waals surface area contributed by atoms with Crippen LogP contribution in [-0.2, 0) is 0 Å². The average molecular weight is 177 g/mol. The SMILES string of the molecule is C=C1C=CC(Cl)=C(Cl)C1O. The Hall–Kier alpha value is -0.240. The van der Waals surface area contributed by atoms with Crippen LogP contribution >= 0.6 is 23.2 Å². The summed E-state index contributed by atoms with van der Waals surface area (Å²) >= 11 is 11.2. The molecule has 0 aromatic heterocycles. The van der Waals surface area contributed by atoms with Gasteiger partial charge in [0.1, 0.15) is 6.10 Å². The molecule has 0 saturated heterocycles. The second-order valence-electron chi connectivity index (χ2n) is 2.01. The summed E-state index contributed by atoms with van der Waals surface area (Å²) in [6.07, 6.45) is 2.43. The molecule has 0 bridgehead atoms. The van der Waals surface area contributed by atoms with E-state index >= 15 is 0 Å². The van der Waals surface area contributed by atoms with E-state index in [9.17, 15) is 5.11 Å². The minimum atomic E-state index is -0.820. The molecule has 1 aliphatic carbocycles. The van der Waals surface area contributed by atoms with E-state index in [1.54, 1.807) is 12.2 Å². The fourth-order valence-corrected chi connectivity index (χ4v) is 1.01. The summed E-state index contributed by atoms with van der Waals surface area (Å²) in [4.78, 5) is 0. The van der Waals surface area contributed by atoms with Crippen LogP contribution in [0.4, 0.5) is 0 Å². The molecule has 0 aromatic carbocycles. The molecule has 0 spiro atoms. The first-order chi connectivity index (χ1) is 4.63. The molecule has 1 nitrogen and oxygen atoms in total. The second kappa shape index (κ2) is 2.79. The first-order valence-electron chi connectivity index (χ1n) is 2.73.